The Morgan fingerprint density at radius 1 is 1.38 bits per heavy atom. The molecule has 0 unspecified atom stereocenters. The summed E-state index contributed by atoms with van der Waals surface area (Å²) in [6, 6.07) is 0. The molecule has 0 heterocycles. The van der Waals surface area contributed by atoms with Gasteiger partial charge in [0, 0.05) is 5.78 Å². The second kappa shape index (κ2) is 7.21. The van der Waals surface area contributed by atoms with Crippen LogP contribution >= 0.6 is 0 Å². The SMILES string of the molecule is [B]C(=O)NC(CC)(CC)C([CH2-])=O.[Rb+]. The summed E-state index contributed by atoms with van der Waals surface area (Å²) in [5.41, 5.74) is -0.869. The number of nitrogens with one attached hydrogen (secondary N) is 1. The molecule has 0 rings (SSSR count). The predicted molar refractivity (Wildman–Crippen MR) is 48.0 cm³/mol. The molecule has 0 aromatic rings. The Morgan fingerprint density at radius 3 is 1.85 bits per heavy atom. The average molecular weight is 251 g/mol. The first-order valence-electron chi connectivity index (χ1n) is 3.92. The van der Waals surface area contributed by atoms with Crippen molar-refractivity contribution in [2.24, 2.45) is 0 Å². The maximum Gasteiger partial charge on any atom is 1.00 e. The standard InChI is InChI=1S/C8H13BNO2.Rb/c1-4-8(5-2,6(3)11)10-7(9)12;/h3-5H2,1-2H3,(H,10,12);/q-1;+1. The summed E-state index contributed by atoms with van der Waals surface area (Å²) in [5, 5.41) is 2.42. The van der Waals surface area contributed by atoms with Crippen LogP contribution in [-0.2, 0) is 4.79 Å². The minimum atomic E-state index is -0.869. The molecule has 0 aliphatic carbocycles. The van der Waals surface area contributed by atoms with Crippen molar-refractivity contribution in [2.45, 2.75) is 32.2 Å². The molecule has 0 aliphatic heterocycles. The monoisotopic (exact) mass is 251 g/mol. The van der Waals surface area contributed by atoms with Crippen LogP contribution in [0.1, 0.15) is 26.7 Å². The molecule has 66 valence electrons. The molecule has 0 aromatic carbocycles. The van der Waals surface area contributed by atoms with Crippen LogP contribution in [-0.4, -0.2) is 25.0 Å². The number of rotatable bonds is 4. The van der Waals surface area contributed by atoms with Gasteiger partial charge in [0.1, 0.15) is 0 Å². The van der Waals surface area contributed by atoms with Gasteiger partial charge in [0.15, 0.2) is 5.81 Å². The summed E-state index contributed by atoms with van der Waals surface area (Å²) in [6.45, 7) is 6.91. The van der Waals surface area contributed by atoms with E-state index in [0.29, 0.717) is 12.8 Å². The van der Waals surface area contributed by atoms with E-state index < -0.39 is 11.3 Å². The fourth-order valence-electron chi connectivity index (χ4n) is 1.13. The Balaban J connectivity index is 0. The number of carbonyl (C=O) groups excluding carboxylic acids is 2. The van der Waals surface area contributed by atoms with Crippen molar-refractivity contribution in [2.75, 3.05) is 0 Å². The zero-order chi connectivity index (χ0) is 9.78. The Morgan fingerprint density at radius 2 is 1.77 bits per heavy atom. The van der Waals surface area contributed by atoms with Crippen LogP contribution in [0.4, 0.5) is 4.79 Å². The number of Topliss-reactive ketones (excluding diaryl/α,β-unsaturated/α-hetero) is 1. The van der Waals surface area contributed by atoms with Crippen molar-refractivity contribution in [3.8, 4) is 0 Å². The van der Waals surface area contributed by atoms with E-state index in [0.717, 1.165) is 0 Å². The van der Waals surface area contributed by atoms with Crippen LogP contribution in [0.2, 0.25) is 0 Å². The molecule has 1 N–H and O–H groups in total. The van der Waals surface area contributed by atoms with E-state index in [4.69, 9.17) is 7.85 Å². The first kappa shape index (κ1) is 16.3. The van der Waals surface area contributed by atoms with Gasteiger partial charge in [0.05, 0.1) is 5.54 Å². The molecule has 3 nitrogen and oxygen atoms in total. The first-order chi connectivity index (χ1) is 5.48. The zero-order valence-corrected chi connectivity index (χ0v) is 13.4. The van der Waals surface area contributed by atoms with Gasteiger partial charge >= 0.3 is 58.2 Å². The third-order valence-corrected chi connectivity index (χ3v) is 2.10. The summed E-state index contributed by atoms with van der Waals surface area (Å²) in [4.78, 5) is 21.7. The maximum absolute atomic E-state index is 11.1. The van der Waals surface area contributed by atoms with E-state index in [2.05, 4.69) is 12.2 Å². The Labute approximate surface area is 130 Å². The van der Waals surface area contributed by atoms with Crippen LogP contribution in [0.25, 0.3) is 0 Å². The van der Waals surface area contributed by atoms with E-state index in [-0.39, 0.29) is 64.0 Å². The normalized spacial score (nSPS) is 10.0. The molecular weight excluding hydrogens is 238 g/mol. The van der Waals surface area contributed by atoms with E-state index >= 15 is 0 Å². The van der Waals surface area contributed by atoms with Gasteiger partial charge in [-0.15, -0.1) is 0 Å². The van der Waals surface area contributed by atoms with Gasteiger partial charge in [-0.05, 0) is 12.8 Å². The molecule has 0 saturated heterocycles. The molecule has 1 amide bonds. The molecule has 0 aromatic heterocycles. The summed E-state index contributed by atoms with van der Waals surface area (Å²) < 4.78 is 0. The molecule has 0 spiro atoms. The van der Waals surface area contributed by atoms with Gasteiger partial charge in [0.25, 0.3) is 0 Å². The van der Waals surface area contributed by atoms with Crippen molar-refractivity contribution < 1.29 is 67.8 Å². The predicted octanol–water partition coefficient (Wildman–Crippen LogP) is -2.17. The summed E-state index contributed by atoms with van der Waals surface area (Å²) in [6.07, 6.45) is 1.02. The van der Waals surface area contributed by atoms with Crippen LogP contribution in [0.3, 0.4) is 0 Å². The third kappa shape index (κ3) is 4.77. The molecule has 0 fully saturated rings. The Kier molecular flexibility index (Phi) is 9.05. The molecule has 0 atom stereocenters. The minimum absolute atomic E-state index is 0. The smallest absolute Gasteiger partial charge is 0.356 e. The number of carbonyl (C=O) groups is 2. The second-order valence-electron chi connectivity index (χ2n) is 2.70. The van der Waals surface area contributed by atoms with Crippen molar-refractivity contribution in [3.05, 3.63) is 6.92 Å². The van der Waals surface area contributed by atoms with Gasteiger partial charge in [-0.2, -0.15) is 0 Å². The quantitative estimate of drug-likeness (QED) is 0.457. The Bertz CT molecular complexity index is 193. The zero-order valence-electron chi connectivity index (χ0n) is 8.52. The van der Waals surface area contributed by atoms with Crippen molar-refractivity contribution in [3.63, 3.8) is 0 Å². The van der Waals surface area contributed by atoms with Crippen LogP contribution in [0.5, 0.6) is 0 Å². The third-order valence-electron chi connectivity index (χ3n) is 2.10. The Hall–Kier alpha value is 0.880. The first-order valence-corrected chi connectivity index (χ1v) is 3.92. The number of ketones is 1. The largest absolute Gasteiger partial charge is 1.00 e. The minimum Gasteiger partial charge on any atom is -0.356 e. The van der Waals surface area contributed by atoms with E-state index in [1.165, 1.54) is 0 Å². The summed E-state index contributed by atoms with van der Waals surface area (Å²) in [7, 11) is 4.94. The summed E-state index contributed by atoms with van der Waals surface area (Å²) in [5.74, 6) is -0.984. The molecule has 0 bridgehead atoms. The summed E-state index contributed by atoms with van der Waals surface area (Å²) >= 11 is 0. The van der Waals surface area contributed by atoms with Crippen LogP contribution in [0.15, 0.2) is 0 Å². The van der Waals surface area contributed by atoms with Crippen LogP contribution in [0, 0.1) is 6.92 Å². The van der Waals surface area contributed by atoms with E-state index in [9.17, 15) is 9.59 Å². The van der Waals surface area contributed by atoms with Gasteiger partial charge in [-0.25, -0.2) is 0 Å². The van der Waals surface area contributed by atoms with Crippen molar-refractivity contribution in [1.29, 1.82) is 0 Å². The molecule has 5 heteroatoms. The molecular formula is C8H13BNO2Rb. The second-order valence-corrected chi connectivity index (χ2v) is 2.70. The van der Waals surface area contributed by atoms with Gasteiger partial charge in [-0.1, -0.05) is 13.8 Å². The fraction of sp³-hybridized carbons (Fsp3) is 0.625. The maximum atomic E-state index is 11.1. The van der Waals surface area contributed by atoms with Gasteiger partial charge < -0.3 is 17.0 Å². The number of hydrogen-bond donors (Lipinski definition) is 1. The topological polar surface area (TPSA) is 46.2 Å². The molecule has 13 heavy (non-hydrogen) atoms. The average Bonchev–Trinajstić information content (AvgIpc) is 1.99. The van der Waals surface area contributed by atoms with Crippen LogP contribution < -0.4 is 63.5 Å². The number of amides is 1. The fourth-order valence-corrected chi connectivity index (χ4v) is 1.13. The van der Waals surface area contributed by atoms with E-state index in [1.54, 1.807) is 0 Å². The molecule has 0 saturated carbocycles. The van der Waals surface area contributed by atoms with Gasteiger partial charge in [0.2, 0.25) is 7.85 Å². The van der Waals surface area contributed by atoms with Crippen molar-refractivity contribution >= 4 is 19.4 Å². The number of hydrogen-bond acceptors (Lipinski definition) is 2. The molecule has 2 radical (unpaired) electrons. The van der Waals surface area contributed by atoms with E-state index in [1.807, 2.05) is 13.8 Å². The van der Waals surface area contributed by atoms with Gasteiger partial charge in [-0.3, -0.25) is 4.79 Å². The molecule has 0 aliphatic rings. The van der Waals surface area contributed by atoms with Crippen molar-refractivity contribution in [1.82, 2.24) is 5.32 Å².